The third-order valence-electron chi connectivity index (χ3n) is 4.93. The molecule has 0 radical (unpaired) electrons. The van der Waals surface area contributed by atoms with Gasteiger partial charge in [0.05, 0.1) is 19.6 Å². The van der Waals surface area contributed by atoms with Crippen LogP contribution >= 0.6 is 11.6 Å². The zero-order valence-electron chi connectivity index (χ0n) is 15.9. The van der Waals surface area contributed by atoms with E-state index in [-0.39, 0.29) is 18.4 Å². The summed E-state index contributed by atoms with van der Waals surface area (Å²) in [5, 5.41) is 6.08. The summed E-state index contributed by atoms with van der Waals surface area (Å²) < 4.78 is 0. The lowest BCUT2D eigenvalue weighted by molar-refractivity contribution is -0.886. The van der Waals surface area contributed by atoms with Gasteiger partial charge in [0.1, 0.15) is 0 Å². The van der Waals surface area contributed by atoms with Crippen molar-refractivity contribution < 1.29 is 14.5 Å². The summed E-state index contributed by atoms with van der Waals surface area (Å²) in [6.45, 7) is 3.87. The molecule has 1 aliphatic heterocycles. The highest BCUT2D eigenvalue weighted by Crippen LogP contribution is 2.22. The normalized spacial score (nSPS) is 16.2. The Morgan fingerprint density at radius 3 is 2.57 bits per heavy atom. The summed E-state index contributed by atoms with van der Waals surface area (Å²) >= 11 is 6.05. The second-order valence-corrected chi connectivity index (χ2v) is 7.37. The van der Waals surface area contributed by atoms with Gasteiger partial charge in [0, 0.05) is 17.1 Å². The van der Waals surface area contributed by atoms with Gasteiger partial charge in [-0.2, -0.15) is 0 Å². The van der Waals surface area contributed by atoms with Crippen molar-refractivity contribution in [1.82, 2.24) is 5.32 Å². The summed E-state index contributed by atoms with van der Waals surface area (Å²) in [6, 6.07) is 15.7. The van der Waals surface area contributed by atoms with E-state index in [9.17, 15) is 9.59 Å². The van der Waals surface area contributed by atoms with Crippen LogP contribution in [0.4, 0.5) is 5.69 Å². The van der Waals surface area contributed by atoms with Crippen LogP contribution in [0.15, 0.2) is 54.6 Å². The number of hydrogen-bond acceptors (Lipinski definition) is 2. The standard InChI is InChI=1S/C22H24ClN3O2/c1-16-19(23)8-5-9-20(16)25-21(27)14-24-22(28)15-26-12-10-18(11-13-26)17-6-3-2-4-7-17/h2-10H,11-15H2,1H3,(H,24,28)(H,25,27)/p+1. The smallest absolute Gasteiger partial charge is 0.275 e. The first-order chi connectivity index (χ1) is 13.5. The van der Waals surface area contributed by atoms with Gasteiger partial charge in [0.15, 0.2) is 6.54 Å². The molecule has 146 valence electrons. The number of carbonyl (C=O) groups is 2. The van der Waals surface area contributed by atoms with E-state index in [0.717, 1.165) is 25.1 Å². The molecule has 3 rings (SSSR count). The van der Waals surface area contributed by atoms with Crippen molar-refractivity contribution in [3.8, 4) is 0 Å². The molecule has 0 saturated carbocycles. The highest BCUT2D eigenvalue weighted by Gasteiger charge is 2.19. The van der Waals surface area contributed by atoms with Gasteiger partial charge >= 0.3 is 0 Å². The lowest BCUT2D eigenvalue weighted by atomic mass is 10.00. The maximum Gasteiger partial charge on any atom is 0.275 e. The predicted octanol–water partition coefficient (Wildman–Crippen LogP) is 2.08. The Kier molecular flexibility index (Phi) is 6.85. The number of nitrogens with one attached hydrogen (secondary N) is 3. The first-order valence-electron chi connectivity index (χ1n) is 9.42. The second kappa shape index (κ2) is 9.53. The van der Waals surface area contributed by atoms with Crippen LogP contribution < -0.4 is 15.5 Å². The molecule has 2 aromatic rings. The maximum absolute atomic E-state index is 12.2. The topological polar surface area (TPSA) is 62.6 Å². The first kappa shape index (κ1) is 20.1. The molecular formula is C22H25ClN3O2+. The predicted molar refractivity (Wildman–Crippen MR) is 112 cm³/mol. The van der Waals surface area contributed by atoms with Gasteiger partial charge in [0.2, 0.25) is 5.91 Å². The minimum Gasteiger partial charge on any atom is -0.342 e. The lowest BCUT2D eigenvalue weighted by Crippen LogP contribution is -3.13. The zero-order valence-corrected chi connectivity index (χ0v) is 16.7. The highest BCUT2D eigenvalue weighted by atomic mass is 35.5. The largest absolute Gasteiger partial charge is 0.342 e. The fourth-order valence-corrected chi connectivity index (χ4v) is 3.44. The van der Waals surface area contributed by atoms with Crippen molar-refractivity contribution >= 4 is 34.7 Å². The summed E-state index contributed by atoms with van der Waals surface area (Å²) in [7, 11) is 0. The number of hydrogen-bond donors (Lipinski definition) is 3. The van der Waals surface area contributed by atoms with Gasteiger partial charge in [-0.1, -0.05) is 48.0 Å². The van der Waals surface area contributed by atoms with Gasteiger partial charge in [-0.25, -0.2) is 0 Å². The van der Waals surface area contributed by atoms with Gasteiger partial charge in [-0.05, 0) is 41.8 Å². The Morgan fingerprint density at radius 1 is 1.07 bits per heavy atom. The average molecular weight is 399 g/mol. The van der Waals surface area contributed by atoms with Crippen molar-refractivity contribution in [2.45, 2.75) is 13.3 Å². The minimum absolute atomic E-state index is 0.0524. The summed E-state index contributed by atoms with van der Waals surface area (Å²) in [5.41, 5.74) is 4.05. The van der Waals surface area contributed by atoms with Crippen LogP contribution in [0.25, 0.3) is 5.57 Å². The molecular weight excluding hydrogens is 374 g/mol. The molecule has 1 aliphatic rings. The Labute approximate surface area is 170 Å². The number of benzene rings is 2. The van der Waals surface area contributed by atoms with Crippen molar-refractivity contribution in [2.75, 3.05) is 31.5 Å². The fraction of sp³-hybridized carbons (Fsp3) is 0.273. The maximum atomic E-state index is 12.2. The molecule has 0 fully saturated rings. The van der Waals surface area contributed by atoms with Gasteiger partial charge in [-0.15, -0.1) is 0 Å². The molecule has 2 amide bonds. The van der Waals surface area contributed by atoms with Crippen LogP contribution in [0.2, 0.25) is 5.02 Å². The monoisotopic (exact) mass is 398 g/mol. The van der Waals surface area contributed by atoms with Gasteiger partial charge < -0.3 is 15.5 Å². The van der Waals surface area contributed by atoms with E-state index in [1.54, 1.807) is 18.2 Å². The number of carbonyl (C=O) groups excluding carboxylic acids is 2. The molecule has 0 spiro atoms. The van der Waals surface area contributed by atoms with E-state index < -0.39 is 0 Å². The van der Waals surface area contributed by atoms with E-state index >= 15 is 0 Å². The number of anilines is 1. The third-order valence-corrected chi connectivity index (χ3v) is 5.34. The molecule has 0 aliphatic carbocycles. The fourth-order valence-electron chi connectivity index (χ4n) is 3.26. The average Bonchev–Trinajstić information content (AvgIpc) is 2.71. The van der Waals surface area contributed by atoms with Crippen LogP contribution in [0, 0.1) is 6.92 Å². The van der Waals surface area contributed by atoms with Crippen LogP contribution in [-0.4, -0.2) is 38.0 Å². The van der Waals surface area contributed by atoms with Crippen molar-refractivity contribution in [3.63, 3.8) is 0 Å². The highest BCUT2D eigenvalue weighted by molar-refractivity contribution is 6.31. The van der Waals surface area contributed by atoms with Crippen LogP contribution in [0.1, 0.15) is 17.5 Å². The van der Waals surface area contributed by atoms with Crippen molar-refractivity contribution in [2.24, 2.45) is 0 Å². The molecule has 1 atom stereocenters. The van der Waals surface area contributed by atoms with Crippen LogP contribution in [-0.2, 0) is 9.59 Å². The van der Waals surface area contributed by atoms with E-state index in [0.29, 0.717) is 17.3 Å². The number of quaternary nitrogens is 1. The quantitative estimate of drug-likeness (QED) is 0.697. The number of rotatable bonds is 6. The molecule has 3 N–H and O–H groups in total. The van der Waals surface area contributed by atoms with Gasteiger partial charge in [-0.3, -0.25) is 9.59 Å². The Bertz CT molecular complexity index is 881. The first-order valence-corrected chi connectivity index (χ1v) is 9.80. The molecule has 0 aromatic heterocycles. The molecule has 0 saturated heterocycles. The number of amides is 2. The van der Waals surface area contributed by atoms with Gasteiger partial charge in [0.25, 0.3) is 5.91 Å². The molecule has 2 aromatic carbocycles. The van der Waals surface area contributed by atoms with Crippen molar-refractivity contribution in [3.05, 3.63) is 70.8 Å². The molecule has 6 heteroatoms. The Morgan fingerprint density at radius 2 is 1.86 bits per heavy atom. The molecule has 1 heterocycles. The molecule has 28 heavy (non-hydrogen) atoms. The SMILES string of the molecule is Cc1c(Cl)cccc1NC(=O)CNC(=O)C[NH+]1CC=C(c2ccccc2)CC1. The summed E-state index contributed by atoms with van der Waals surface area (Å²) in [4.78, 5) is 25.5. The molecule has 1 unspecified atom stereocenters. The second-order valence-electron chi connectivity index (χ2n) is 6.96. The van der Waals surface area contributed by atoms with Crippen LogP contribution in [0.5, 0.6) is 0 Å². The van der Waals surface area contributed by atoms with E-state index in [1.807, 2.05) is 25.1 Å². The van der Waals surface area contributed by atoms with Crippen LogP contribution in [0.3, 0.4) is 0 Å². The van der Waals surface area contributed by atoms with Crippen molar-refractivity contribution in [1.29, 1.82) is 0 Å². The van der Waals surface area contributed by atoms with E-state index in [2.05, 4.69) is 28.8 Å². The minimum atomic E-state index is -0.265. The zero-order chi connectivity index (χ0) is 19.9. The molecule has 5 nitrogen and oxygen atoms in total. The third kappa shape index (κ3) is 5.44. The summed E-state index contributed by atoms with van der Waals surface area (Å²) in [5.74, 6) is -0.386. The van der Waals surface area contributed by atoms with E-state index in [1.165, 1.54) is 16.0 Å². The Hall–Kier alpha value is -2.63. The Balaban J connectivity index is 1.43. The number of halogens is 1. The lowest BCUT2D eigenvalue weighted by Gasteiger charge is -2.23. The molecule has 0 bridgehead atoms. The van der Waals surface area contributed by atoms with E-state index in [4.69, 9.17) is 11.6 Å². The summed E-state index contributed by atoms with van der Waals surface area (Å²) in [6.07, 6.45) is 3.15.